The van der Waals surface area contributed by atoms with Crippen LogP contribution in [0.25, 0.3) is 0 Å². The standard InChI is InChI=1S/C15H22FN3O2S/c1-18(11-12-5-6-12)22(20,21)19-8-7-17-10-15(19)13-3-2-4-14(16)9-13/h2-4,9,12,15,17H,5-8,10-11H2,1H3. The Labute approximate surface area is 131 Å². The van der Waals surface area contributed by atoms with Crippen LogP contribution in [-0.2, 0) is 10.2 Å². The number of nitrogens with zero attached hydrogens (tertiary/aromatic N) is 2. The molecular weight excluding hydrogens is 305 g/mol. The topological polar surface area (TPSA) is 52.7 Å². The average Bonchev–Trinajstić information content (AvgIpc) is 3.31. The molecule has 1 aliphatic heterocycles. The van der Waals surface area contributed by atoms with Crippen molar-refractivity contribution in [2.45, 2.75) is 18.9 Å². The van der Waals surface area contributed by atoms with Crippen molar-refractivity contribution in [3.8, 4) is 0 Å². The minimum Gasteiger partial charge on any atom is -0.313 e. The molecule has 5 nitrogen and oxygen atoms in total. The minimum absolute atomic E-state index is 0.341. The van der Waals surface area contributed by atoms with Crippen molar-refractivity contribution in [1.82, 2.24) is 13.9 Å². The lowest BCUT2D eigenvalue weighted by atomic mass is 10.1. The van der Waals surface area contributed by atoms with E-state index in [0.717, 1.165) is 12.8 Å². The molecule has 1 saturated heterocycles. The highest BCUT2D eigenvalue weighted by molar-refractivity contribution is 7.86. The molecule has 22 heavy (non-hydrogen) atoms. The van der Waals surface area contributed by atoms with Gasteiger partial charge in [0, 0.05) is 33.2 Å². The summed E-state index contributed by atoms with van der Waals surface area (Å²) in [5.41, 5.74) is 0.690. The molecule has 2 aliphatic rings. The molecule has 0 spiro atoms. The fourth-order valence-corrected chi connectivity index (χ4v) is 4.49. The van der Waals surface area contributed by atoms with E-state index in [4.69, 9.17) is 0 Å². The van der Waals surface area contributed by atoms with E-state index < -0.39 is 10.2 Å². The van der Waals surface area contributed by atoms with Crippen LogP contribution in [0.5, 0.6) is 0 Å². The molecule has 1 aromatic rings. The molecule has 1 unspecified atom stereocenters. The van der Waals surface area contributed by atoms with Crippen LogP contribution in [0.4, 0.5) is 4.39 Å². The van der Waals surface area contributed by atoms with Gasteiger partial charge in [0.15, 0.2) is 0 Å². The van der Waals surface area contributed by atoms with Gasteiger partial charge in [0.05, 0.1) is 6.04 Å². The molecule has 1 aliphatic carbocycles. The summed E-state index contributed by atoms with van der Waals surface area (Å²) in [6, 6.07) is 5.83. The van der Waals surface area contributed by atoms with Gasteiger partial charge in [-0.1, -0.05) is 12.1 Å². The number of hydrogen-bond acceptors (Lipinski definition) is 3. The van der Waals surface area contributed by atoms with Gasteiger partial charge < -0.3 is 5.32 Å². The van der Waals surface area contributed by atoms with Crippen LogP contribution in [-0.4, -0.2) is 50.3 Å². The van der Waals surface area contributed by atoms with Crippen LogP contribution < -0.4 is 5.32 Å². The van der Waals surface area contributed by atoms with Crippen LogP contribution in [0.15, 0.2) is 24.3 Å². The second-order valence-electron chi connectivity index (χ2n) is 6.12. The van der Waals surface area contributed by atoms with E-state index in [9.17, 15) is 12.8 Å². The third-order valence-corrected chi connectivity index (χ3v) is 6.30. The van der Waals surface area contributed by atoms with Gasteiger partial charge in [-0.25, -0.2) is 4.39 Å². The zero-order valence-corrected chi connectivity index (χ0v) is 13.5. The summed E-state index contributed by atoms with van der Waals surface area (Å²) < 4.78 is 42.1. The normalized spacial score (nSPS) is 23.9. The van der Waals surface area contributed by atoms with Crippen molar-refractivity contribution in [3.63, 3.8) is 0 Å². The SMILES string of the molecule is CN(CC1CC1)S(=O)(=O)N1CCNCC1c1cccc(F)c1. The highest BCUT2D eigenvalue weighted by Crippen LogP contribution is 2.32. The number of piperazine rings is 1. The van der Waals surface area contributed by atoms with Crippen LogP contribution >= 0.6 is 0 Å². The predicted molar refractivity (Wildman–Crippen MR) is 83.0 cm³/mol. The third kappa shape index (κ3) is 3.32. The van der Waals surface area contributed by atoms with Crippen molar-refractivity contribution in [2.24, 2.45) is 5.92 Å². The number of rotatable bonds is 5. The van der Waals surface area contributed by atoms with E-state index in [0.29, 0.717) is 37.7 Å². The quantitative estimate of drug-likeness (QED) is 0.888. The molecule has 0 bridgehead atoms. The molecular formula is C15H22FN3O2S. The summed E-state index contributed by atoms with van der Waals surface area (Å²) in [5.74, 6) is 0.155. The molecule has 1 heterocycles. The Balaban J connectivity index is 1.85. The number of benzene rings is 1. The van der Waals surface area contributed by atoms with Crippen molar-refractivity contribution in [2.75, 3.05) is 33.2 Å². The Morgan fingerprint density at radius 1 is 1.41 bits per heavy atom. The highest BCUT2D eigenvalue weighted by Gasteiger charge is 2.37. The lowest BCUT2D eigenvalue weighted by Gasteiger charge is -2.37. The molecule has 1 saturated carbocycles. The largest absolute Gasteiger partial charge is 0.313 e. The Morgan fingerprint density at radius 3 is 2.86 bits per heavy atom. The van der Waals surface area contributed by atoms with E-state index in [1.54, 1.807) is 19.2 Å². The molecule has 1 aromatic carbocycles. The second-order valence-corrected chi connectivity index (χ2v) is 8.11. The van der Waals surface area contributed by atoms with Gasteiger partial charge in [-0.05, 0) is 36.5 Å². The van der Waals surface area contributed by atoms with Gasteiger partial charge in [0.25, 0.3) is 10.2 Å². The number of hydrogen-bond donors (Lipinski definition) is 1. The smallest absolute Gasteiger partial charge is 0.282 e. The first kappa shape index (κ1) is 15.9. The van der Waals surface area contributed by atoms with Crippen LogP contribution in [0.1, 0.15) is 24.4 Å². The van der Waals surface area contributed by atoms with Crippen LogP contribution in [0.2, 0.25) is 0 Å². The fourth-order valence-electron chi connectivity index (χ4n) is 2.90. The Kier molecular flexibility index (Phi) is 4.49. The first-order chi connectivity index (χ1) is 10.5. The molecule has 122 valence electrons. The third-order valence-electron chi connectivity index (χ3n) is 4.33. The Morgan fingerprint density at radius 2 is 2.18 bits per heavy atom. The Hall–Kier alpha value is -1.02. The molecule has 7 heteroatoms. The van der Waals surface area contributed by atoms with Crippen molar-refractivity contribution < 1.29 is 12.8 Å². The predicted octanol–water partition coefficient (Wildman–Crippen LogP) is 1.36. The first-order valence-electron chi connectivity index (χ1n) is 7.68. The molecule has 1 atom stereocenters. The van der Waals surface area contributed by atoms with Gasteiger partial charge in [0.2, 0.25) is 0 Å². The van der Waals surface area contributed by atoms with Gasteiger partial charge in [-0.15, -0.1) is 0 Å². The summed E-state index contributed by atoms with van der Waals surface area (Å²) in [5, 5.41) is 3.20. The van der Waals surface area contributed by atoms with E-state index in [2.05, 4.69) is 5.32 Å². The maximum absolute atomic E-state index is 13.5. The van der Waals surface area contributed by atoms with Crippen molar-refractivity contribution in [3.05, 3.63) is 35.6 Å². The summed E-state index contributed by atoms with van der Waals surface area (Å²) in [6.45, 7) is 2.09. The molecule has 0 radical (unpaired) electrons. The number of nitrogens with one attached hydrogen (secondary N) is 1. The van der Waals surface area contributed by atoms with Crippen LogP contribution in [0.3, 0.4) is 0 Å². The lowest BCUT2D eigenvalue weighted by molar-refractivity contribution is 0.251. The number of halogens is 1. The summed E-state index contributed by atoms with van der Waals surface area (Å²) >= 11 is 0. The molecule has 3 rings (SSSR count). The highest BCUT2D eigenvalue weighted by atomic mass is 32.2. The maximum atomic E-state index is 13.5. The fraction of sp³-hybridized carbons (Fsp3) is 0.600. The van der Waals surface area contributed by atoms with E-state index in [-0.39, 0.29) is 11.9 Å². The lowest BCUT2D eigenvalue weighted by Crippen LogP contribution is -2.52. The first-order valence-corrected chi connectivity index (χ1v) is 9.07. The van der Waals surface area contributed by atoms with Gasteiger partial charge in [-0.2, -0.15) is 17.0 Å². The molecule has 0 aromatic heterocycles. The Bertz CT molecular complexity index is 633. The van der Waals surface area contributed by atoms with Crippen LogP contribution in [0, 0.1) is 11.7 Å². The molecule has 1 N–H and O–H groups in total. The zero-order valence-electron chi connectivity index (χ0n) is 12.7. The minimum atomic E-state index is -3.52. The maximum Gasteiger partial charge on any atom is 0.282 e. The monoisotopic (exact) mass is 327 g/mol. The zero-order chi connectivity index (χ0) is 15.7. The van der Waals surface area contributed by atoms with Crippen molar-refractivity contribution in [1.29, 1.82) is 0 Å². The molecule has 0 amide bonds. The van der Waals surface area contributed by atoms with Gasteiger partial charge >= 0.3 is 0 Å². The van der Waals surface area contributed by atoms with E-state index in [1.807, 2.05) is 0 Å². The van der Waals surface area contributed by atoms with E-state index in [1.165, 1.54) is 20.7 Å². The summed E-state index contributed by atoms with van der Waals surface area (Å²) in [7, 11) is -1.89. The average molecular weight is 327 g/mol. The van der Waals surface area contributed by atoms with Gasteiger partial charge in [0.1, 0.15) is 5.82 Å². The second kappa shape index (κ2) is 6.23. The van der Waals surface area contributed by atoms with Crippen molar-refractivity contribution >= 4 is 10.2 Å². The van der Waals surface area contributed by atoms with Gasteiger partial charge in [-0.3, -0.25) is 0 Å². The van der Waals surface area contributed by atoms with E-state index >= 15 is 0 Å². The summed E-state index contributed by atoms with van der Waals surface area (Å²) in [4.78, 5) is 0. The summed E-state index contributed by atoms with van der Waals surface area (Å²) in [6.07, 6.45) is 2.21. The molecule has 2 fully saturated rings.